The molecule has 0 aliphatic heterocycles. The Morgan fingerprint density at radius 1 is 1.32 bits per heavy atom. The molecule has 2 N–H and O–H groups in total. The number of carboxylic acids is 1. The van der Waals surface area contributed by atoms with Crippen LogP contribution in [0.1, 0.15) is 48.9 Å². The van der Waals surface area contributed by atoms with Gasteiger partial charge >= 0.3 is 5.97 Å². The van der Waals surface area contributed by atoms with E-state index in [0.717, 1.165) is 18.2 Å². The van der Waals surface area contributed by atoms with Crippen LogP contribution in [0.25, 0.3) is 0 Å². The van der Waals surface area contributed by atoms with Gasteiger partial charge in [0.2, 0.25) is 0 Å². The first-order valence-corrected chi connectivity index (χ1v) is 7.31. The largest absolute Gasteiger partial charge is 0.478 e. The van der Waals surface area contributed by atoms with Gasteiger partial charge in [0.15, 0.2) is 0 Å². The predicted molar refractivity (Wildman–Crippen MR) is 78.1 cm³/mol. The average Bonchev–Trinajstić information content (AvgIpc) is 2.39. The number of halogens is 1. The molecule has 1 aliphatic carbocycles. The van der Waals surface area contributed by atoms with Gasteiger partial charge in [0, 0.05) is 12.2 Å². The van der Waals surface area contributed by atoms with E-state index in [4.69, 9.17) is 16.7 Å². The third kappa shape index (κ3) is 4.13. The van der Waals surface area contributed by atoms with Crippen LogP contribution in [-0.2, 0) is 0 Å². The molecule has 19 heavy (non-hydrogen) atoms. The van der Waals surface area contributed by atoms with Crippen molar-refractivity contribution in [2.75, 3.05) is 11.9 Å². The Balaban J connectivity index is 1.82. The fraction of sp³-hybridized carbons (Fsp3) is 0.533. The Hall–Kier alpha value is -1.22. The smallest absolute Gasteiger partial charge is 0.337 e. The molecule has 0 unspecified atom stereocenters. The van der Waals surface area contributed by atoms with Gasteiger partial charge in [0.25, 0.3) is 0 Å². The maximum atomic E-state index is 10.8. The molecule has 2 rings (SSSR count). The Morgan fingerprint density at radius 3 is 2.68 bits per heavy atom. The maximum absolute atomic E-state index is 10.8. The van der Waals surface area contributed by atoms with Crippen LogP contribution in [0.2, 0.25) is 5.02 Å². The molecule has 1 aromatic rings. The zero-order valence-corrected chi connectivity index (χ0v) is 11.7. The number of aromatic carboxylic acids is 1. The molecule has 0 amide bonds. The SMILES string of the molecule is O=C(O)c1ccc(NCCC2CCCCC2)cc1Cl. The van der Waals surface area contributed by atoms with E-state index in [9.17, 15) is 4.79 Å². The number of hydrogen-bond donors (Lipinski definition) is 2. The highest BCUT2D eigenvalue weighted by Gasteiger charge is 2.13. The van der Waals surface area contributed by atoms with E-state index in [1.165, 1.54) is 38.5 Å². The van der Waals surface area contributed by atoms with Crippen molar-refractivity contribution in [3.63, 3.8) is 0 Å². The summed E-state index contributed by atoms with van der Waals surface area (Å²) in [6, 6.07) is 5.01. The Kier molecular flexibility index (Phi) is 5.08. The number of anilines is 1. The summed E-state index contributed by atoms with van der Waals surface area (Å²) in [6.45, 7) is 0.924. The number of benzene rings is 1. The van der Waals surface area contributed by atoms with Crippen molar-refractivity contribution < 1.29 is 9.90 Å². The molecule has 0 aromatic heterocycles. The first-order chi connectivity index (χ1) is 9.16. The van der Waals surface area contributed by atoms with Gasteiger partial charge < -0.3 is 10.4 Å². The topological polar surface area (TPSA) is 49.3 Å². The predicted octanol–water partition coefficient (Wildman–Crippen LogP) is 4.42. The zero-order valence-electron chi connectivity index (χ0n) is 11.0. The van der Waals surface area contributed by atoms with Gasteiger partial charge in [-0.25, -0.2) is 4.79 Å². The van der Waals surface area contributed by atoms with Crippen molar-refractivity contribution in [3.05, 3.63) is 28.8 Å². The summed E-state index contributed by atoms with van der Waals surface area (Å²) in [6.07, 6.45) is 7.99. The summed E-state index contributed by atoms with van der Waals surface area (Å²) in [7, 11) is 0. The third-order valence-electron chi connectivity index (χ3n) is 3.81. The Bertz CT molecular complexity index is 442. The molecule has 0 radical (unpaired) electrons. The van der Waals surface area contributed by atoms with Crippen LogP contribution in [0.4, 0.5) is 5.69 Å². The molecule has 1 saturated carbocycles. The van der Waals surface area contributed by atoms with E-state index in [1.807, 2.05) is 0 Å². The van der Waals surface area contributed by atoms with Gasteiger partial charge in [-0.1, -0.05) is 43.7 Å². The number of hydrogen-bond acceptors (Lipinski definition) is 2. The summed E-state index contributed by atoms with van der Waals surface area (Å²) in [4.78, 5) is 10.8. The molecule has 0 spiro atoms. The second kappa shape index (κ2) is 6.80. The summed E-state index contributed by atoms with van der Waals surface area (Å²) in [5, 5.41) is 12.5. The number of rotatable bonds is 5. The second-order valence-corrected chi connectivity index (χ2v) is 5.63. The minimum absolute atomic E-state index is 0.152. The molecule has 1 aliphatic rings. The van der Waals surface area contributed by atoms with E-state index >= 15 is 0 Å². The van der Waals surface area contributed by atoms with E-state index < -0.39 is 5.97 Å². The molecule has 3 nitrogen and oxygen atoms in total. The molecule has 0 saturated heterocycles. The van der Waals surface area contributed by atoms with Gasteiger partial charge in [-0.05, 0) is 30.5 Å². The fourth-order valence-electron chi connectivity index (χ4n) is 2.69. The molecular formula is C15H20ClNO2. The fourth-order valence-corrected chi connectivity index (χ4v) is 2.96. The van der Waals surface area contributed by atoms with Gasteiger partial charge in [-0.3, -0.25) is 0 Å². The monoisotopic (exact) mass is 281 g/mol. The minimum Gasteiger partial charge on any atom is -0.478 e. The molecule has 4 heteroatoms. The zero-order chi connectivity index (χ0) is 13.7. The van der Waals surface area contributed by atoms with Gasteiger partial charge in [0.05, 0.1) is 10.6 Å². The van der Waals surface area contributed by atoms with E-state index in [-0.39, 0.29) is 10.6 Å². The molecular weight excluding hydrogens is 262 g/mol. The maximum Gasteiger partial charge on any atom is 0.337 e. The van der Waals surface area contributed by atoms with Crippen LogP contribution in [0.3, 0.4) is 0 Å². The van der Waals surface area contributed by atoms with Crippen molar-refractivity contribution in [1.29, 1.82) is 0 Å². The Labute approximate surface area is 119 Å². The summed E-state index contributed by atoms with van der Waals surface area (Å²) >= 11 is 5.93. The molecule has 0 heterocycles. The van der Waals surface area contributed by atoms with E-state index in [2.05, 4.69) is 5.32 Å². The third-order valence-corrected chi connectivity index (χ3v) is 4.12. The standard InChI is InChI=1S/C15H20ClNO2/c16-14-10-12(6-7-13(14)15(18)19)17-9-8-11-4-2-1-3-5-11/h6-7,10-11,17H,1-5,8-9H2,(H,18,19). The van der Waals surface area contributed by atoms with Crippen LogP contribution >= 0.6 is 11.6 Å². The minimum atomic E-state index is -0.987. The quantitative estimate of drug-likeness (QED) is 0.840. The van der Waals surface area contributed by atoms with Crippen molar-refractivity contribution in [2.45, 2.75) is 38.5 Å². The van der Waals surface area contributed by atoms with E-state index in [1.54, 1.807) is 18.2 Å². The lowest BCUT2D eigenvalue weighted by Crippen LogP contribution is -2.12. The summed E-state index contributed by atoms with van der Waals surface area (Å²) < 4.78 is 0. The number of carbonyl (C=O) groups is 1. The first kappa shape index (κ1) is 14.2. The molecule has 104 valence electrons. The summed E-state index contributed by atoms with van der Waals surface area (Å²) in [5.74, 6) is -0.145. The lowest BCUT2D eigenvalue weighted by Gasteiger charge is -2.21. The lowest BCUT2D eigenvalue weighted by atomic mass is 9.87. The first-order valence-electron chi connectivity index (χ1n) is 6.93. The molecule has 0 bridgehead atoms. The lowest BCUT2D eigenvalue weighted by molar-refractivity contribution is 0.0697. The van der Waals surface area contributed by atoms with Crippen molar-refractivity contribution in [2.24, 2.45) is 5.92 Å². The highest BCUT2D eigenvalue weighted by Crippen LogP contribution is 2.26. The van der Waals surface area contributed by atoms with Gasteiger partial charge in [-0.15, -0.1) is 0 Å². The van der Waals surface area contributed by atoms with Crippen LogP contribution in [0.15, 0.2) is 18.2 Å². The molecule has 0 atom stereocenters. The number of carboxylic acid groups (broad SMARTS) is 1. The summed E-state index contributed by atoms with van der Waals surface area (Å²) in [5.41, 5.74) is 1.05. The molecule has 1 fully saturated rings. The van der Waals surface area contributed by atoms with Crippen molar-refractivity contribution >= 4 is 23.3 Å². The molecule has 1 aromatic carbocycles. The highest BCUT2D eigenvalue weighted by molar-refractivity contribution is 6.33. The van der Waals surface area contributed by atoms with E-state index in [0.29, 0.717) is 0 Å². The average molecular weight is 282 g/mol. The van der Waals surface area contributed by atoms with Crippen LogP contribution in [-0.4, -0.2) is 17.6 Å². The highest BCUT2D eigenvalue weighted by atomic mass is 35.5. The van der Waals surface area contributed by atoms with Gasteiger partial charge in [0.1, 0.15) is 0 Å². The van der Waals surface area contributed by atoms with Crippen molar-refractivity contribution in [3.8, 4) is 0 Å². The van der Waals surface area contributed by atoms with Crippen LogP contribution in [0.5, 0.6) is 0 Å². The Morgan fingerprint density at radius 2 is 2.05 bits per heavy atom. The second-order valence-electron chi connectivity index (χ2n) is 5.22. The normalized spacial score (nSPS) is 16.3. The van der Waals surface area contributed by atoms with Crippen LogP contribution in [0, 0.1) is 5.92 Å². The van der Waals surface area contributed by atoms with Gasteiger partial charge in [-0.2, -0.15) is 0 Å². The van der Waals surface area contributed by atoms with Crippen molar-refractivity contribution in [1.82, 2.24) is 0 Å². The number of nitrogens with one attached hydrogen (secondary N) is 1. The van der Waals surface area contributed by atoms with Crippen LogP contribution < -0.4 is 5.32 Å².